The maximum atomic E-state index is 13.4. The van der Waals surface area contributed by atoms with Crippen molar-refractivity contribution in [1.82, 2.24) is 39.5 Å². The molecule has 4 aromatic rings. The van der Waals surface area contributed by atoms with Crippen LogP contribution in [0, 0.1) is 5.92 Å². The summed E-state index contributed by atoms with van der Waals surface area (Å²) < 4.78 is 31.7. The number of rotatable bonds is 9. The summed E-state index contributed by atoms with van der Waals surface area (Å²) in [5, 5.41) is 39.6. The van der Waals surface area contributed by atoms with Crippen molar-refractivity contribution in [2.45, 2.75) is 186 Å². The van der Waals surface area contributed by atoms with Gasteiger partial charge in [-0.1, -0.05) is 39.5 Å². The summed E-state index contributed by atoms with van der Waals surface area (Å²) in [4.78, 5) is 58.9. The first-order valence-electron chi connectivity index (χ1n) is 22.9. The third-order valence-electron chi connectivity index (χ3n) is 12.2. The molecule has 2 saturated carbocycles. The lowest BCUT2D eigenvalue weighted by Gasteiger charge is -2.31. The molecule has 4 aromatic heterocycles. The summed E-state index contributed by atoms with van der Waals surface area (Å²) in [5.41, 5.74) is -0.751. The second-order valence-electron chi connectivity index (χ2n) is 19.5. The lowest BCUT2D eigenvalue weighted by Crippen LogP contribution is -2.43. The molecule has 368 valence electrons. The van der Waals surface area contributed by atoms with Crippen molar-refractivity contribution in [3.8, 4) is 0 Å². The van der Waals surface area contributed by atoms with Gasteiger partial charge in [-0.15, -0.1) is 0 Å². The number of carbonyl (C=O) groups excluding carboxylic acids is 3. The highest BCUT2D eigenvalue weighted by Gasteiger charge is 2.47. The van der Waals surface area contributed by atoms with Crippen LogP contribution >= 0.6 is 23.2 Å². The van der Waals surface area contributed by atoms with Crippen LogP contribution in [0.25, 0.3) is 22.1 Å². The van der Waals surface area contributed by atoms with E-state index in [4.69, 9.17) is 46.9 Å². The molecule has 0 radical (unpaired) electrons. The topological polar surface area (TPSA) is 252 Å². The summed E-state index contributed by atoms with van der Waals surface area (Å²) >= 11 is 12.6. The number of anilines is 2. The van der Waals surface area contributed by atoms with Crippen LogP contribution in [0.3, 0.4) is 0 Å². The number of carbonyl (C=O) groups is 3. The minimum Gasteiger partial charge on any atom is -0.457 e. The van der Waals surface area contributed by atoms with Gasteiger partial charge >= 0.3 is 18.2 Å². The van der Waals surface area contributed by atoms with Crippen molar-refractivity contribution < 1.29 is 53.4 Å². The number of amides is 2. The van der Waals surface area contributed by atoms with Gasteiger partial charge in [0.25, 0.3) is 0 Å². The van der Waals surface area contributed by atoms with Crippen LogP contribution in [0.5, 0.6) is 0 Å². The van der Waals surface area contributed by atoms with Gasteiger partial charge in [-0.3, -0.25) is 14.6 Å². The number of hydrogen-bond donors (Lipinski definition) is 3. The zero-order valence-electron chi connectivity index (χ0n) is 39.3. The fraction of sp³-hybridized carbons (Fsp3) is 0.705. The second kappa shape index (κ2) is 20.2. The zero-order chi connectivity index (χ0) is 48.7. The molecule has 4 fully saturated rings. The Hall–Kier alpha value is -4.51. The Morgan fingerprint density at radius 1 is 0.731 bits per heavy atom. The molecule has 0 aromatic carbocycles. The molecule has 4 aliphatic rings. The highest BCUT2D eigenvalue weighted by atomic mass is 35.5. The summed E-state index contributed by atoms with van der Waals surface area (Å²) in [7, 11) is 0. The predicted octanol–water partition coefficient (Wildman–Crippen LogP) is 6.81. The number of aliphatic hydroxyl groups is 3. The average Bonchev–Trinajstić information content (AvgIpc) is 4.11. The molecule has 2 aliphatic heterocycles. The Balaban J connectivity index is 0.000000200. The van der Waals surface area contributed by atoms with E-state index in [2.05, 4.69) is 30.1 Å². The van der Waals surface area contributed by atoms with Crippen molar-refractivity contribution in [3.05, 3.63) is 23.0 Å². The highest BCUT2D eigenvalue weighted by Crippen LogP contribution is 2.41. The standard InChI is InChI=1S/C24H34ClN5O5.C20H28ClN5O6/c1-7-17-13(2)18(33-14(3)31)21(34-17)30-20-16(12-26-30)19(27-22(25)28-20)29(15-10-8-9-11-15)23(32)35-24(4,5)6;1-20(2,3)32-19(30)25(10-6-4-5-7-10)15-11-8-22-26(16(11)24-18(21)23-15)17-14(29)13(28)12(9-27)31-17/h12-13,15,17-18,21H,7-11H2,1-6H3;8,10,12-14,17,27-29H,4-7,9H2,1-3H3/t13-,17-,18?,21-;12-,13-,14-,17-/m11/s1. The third-order valence-corrected chi connectivity index (χ3v) is 12.6. The average molecular weight is 978 g/mol. The lowest BCUT2D eigenvalue weighted by molar-refractivity contribution is -0.154. The van der Waals surface area contributed by atoms with Gasteiger partial charge in [0.15, 0.2) is 41.5 Å². The molecule has 21 nitrogen and oxygen atoms in total. The van der Waals surface area contributed by atoms with E-state index >= 15 is 0 Å². The Bertz CT molecular complexity index is 2410. The van der Waals surface area contributed by atoms with Gasteiger partial charge in [0, 0.05) is 24.9 Å². The van der Waals surface area contributed by atoms with E-state index in [0.29, 0.717) is 22.2 Å². The van der Waals surface area contributed by atoms with Crippen LogP contribution in [0.4, 0.5) is 21.2 Å². The van der Waals surface area contributed by atoms with Gasteiger partial charge in [0.1, 0.15) is 29.5 Å². The molecule has 0 bridgehead atoms. The number of halogens is 2. The fourth-order valence-electron chi connectivity index (χ4n) is 9.23. The minimum atomic E-state index is -1.34. The Labute approximate surface area is 398 Å². The number of fused-ring (bicyclic) bond motifs is 2. The molecule has 0 spiro atoms. The van der Waals surface area contributed by atoms with Gasteiger partial charge in [-0.25, -0.2) is 19.0 Å². The molecule has 2 amide bonds. The predicted molar refractivity (Wildman–Crippen MR) is 245 cm³/mol. The Morgan fingerprint density at radius 2 is 1.16 bits per heavy atom. The van der Waals surface area contributed by atoms with Crippen LogP contribution < -0.4 is 9.80 Å². The normalized spacial score (nSPS) is 25.9. The Morgan fingerprint density at radius 3 is 1.55 bits per heavy atom. The van der Waals surface area contributed by atoms with Crippen molar-refractivity contribution in [3.63, 3.8) is 0 Å². The maximum Gasteiger partial charge on any atom is 0.416 e. The molecule has 23 heteroatoms. The third kappa shape index (κ3) is 10.9. The first-order chi connectivity index (χ1) is 31.6. The molecule has 67 heavy (non-hydrogen) atoms. The van der Waals surface area contributed by atoms with E-state index in [1.54, 1.807) is 36.5 Å². The smallest absolute Gasteiger partial charge is 0.416 e. The first kappa shape index (κ1) is 50.4. The number of nitrogens with zero attached hydrogens (tertiary/aromatic N) is 10. The van der Waals surface area contributed by atoms with Crippen molar-refractivity contribution in [2.75, 3.05) is 16.4 Å². The molecular formula is C44H62Cl2N10O11. The molecule has 8 rings (SSSR count). The summed E-state index contributed by atoms with van der Waals surface area (Å²) in [5.74, 6) is 0.185. The molecule has 1 unspecified atom stereocenters. The molecule has 8 atom stereocenters. The van der Waals surface area contributed by atoms with Gasteiger partial charge in [0.05, 0.1) is 35.9 Å². The lowest BCUT2D eigenvalue weighted by atomic mass is 9.98. The van der Waals surface area contributed by atoms with E-state index in [-0.39, 0.29) is 46.1 Å². The minimum absolute atomic E-state index is 0.0251. The van der Waals surface area contributed by atoms with E-state index < -0.39 is 72.8 Å². The monoisotopic (exact) mass is 976 g/mol. The van der Waals surface area contributed by atoms with Crippen LogP contribution in [0.1, 0.15) is 133 Å². The van der Waals surface area contributed by atoms with Gasteiger partial charge in [0.2, 0.25) is 10.6 Å². The van der Waals surface area contributed by atoms with E-state index in [1.165, 1.54) is 22.7 Å². The first-order valence-corrected chi connectivity index (χ1v) is 23.7. The van der Waals surface area contributed by atoms with Gasteiger partial charge in [-0.05, 0) is 96.8 Å². The number of aromatic nitrogens is 8. The number of hydrogen-bond acceptors (Lipinski definition) is 17. The second-order valence-corrected chi connectivity index (χ2v) is 20.2. The largest absolute Gasteiger partial charge is 0.457 e. The van der Waals surface area contributed by atoms with Gasteiger partial charge < -0.3 is 39.0 Å². The van der Waals surface area contributed by atoms with Crippen molar-refractivity contribution >= 4 is 75.1 Å². The van der Waals surface area contributed by atoms with Gasteiger partial charge in [-0.2, -0.15) is 30.1 Å². The number of aliphatic hydroxyl groups excluding tert-OH is 3. The molecular weight excluding hydrogens is 915 g/mol. The van der Waals surface area contributed by atoms with Crippen molar-refractivity contribution in [1.29, 1.82) is 0 Å². The molecule has 3 N–H and O–H groups in total. The highest BCUT2D eigenvalue weighted by molar-refractivity contribution is 6.29. The maximum absolute atomic E-state index is 13.4. The van der Waals surface area contributed by atoms with Crippen LogP contribution in [-0.4, -0.2) is 133 Å². The fourth-order valence-corrected chi connectivity index (χ4v) is 9.55. The summed E-state index contributed by atoms with van der Waals surface area (Å²) in [6.07, 6.45) is 4.01. The summed E-state index contributed by atoms with van der Waals surface area (Å²) in [6, 6.07) is -0.181. The number of ether oxygens (including phenoxy) is 5. The number of esters is 1. The van der Waals surface area contributed by atoms with E-state index in [0.717, 1.165) is 57.8 Å². The SMILES string of the molecule is CC(C)(C)OC(=O)N(c1nc(Cl)nc2c1cnn2[C@@H]1O[C@H](CO)[C@@H](O)[C@H]1O)C1CCCC1.CC[C@H]1O[C@@H](n2ncc3c(N(C(=O)OC(C)(C)C)C4CCCC4)nc(Cl)nc32)C(OC(C)=O)[C@@H]1C. The van der Waals surface area contributed by atoms with Crippen LogP contribution in [0.2, 0.25) is 10.6 Å². The van der Waals surface area contributed by atoms with E-state index in [1.807, 2.05) is 34.6 Å². The molecule has 6 heterocycles. The quantitative estimate of drug-likeness (QED) is 0.0884. The zero-order valence-corrected chi connectivity index (χ0v) is 40.8. The summed E-state index contributed by atoms with van der Waals surface area (Å²) in [6.45, 7) is 15.8. The molecule has 2 aliphatic carbocycles. The van der Waals surface area contributed by atoms with E-state index in [9.17, 15) is 29.7 Å². The van der Waals surface area contributed by atoms with Crippen molar-refractivity contribution in [2.24, 2.45) is 5.92 Å². The Kier molecular flexibility index (Phi) is 15.2. The molecule has 2 saturated heterocycles. The van der Waals surface area contributed by atoms with Crippen LogP contribution in [0.15, 0.2) is 12.4 Å². The van der Waals surface area contributed by atoms with Crippen LogP contribution in [-0.2, 0) is 28.5 Å².